The Hall–Kier alpha value is -1.74. The molecule has 0 radical (unpaired) electrons. The van der Waals surface area contributed by atoms with E-state index in [4.69, 9.17) is 28.4 Å². The van der Waals surface area contributed by atoms with Crippen LogP contribution in [0.25, 0.3) is 0 Å². The van der Waals surface area contributed by atoms with E-state index in [-0.39, 0.29) is 13.2 Å². The maximum atomic E-state index is 11.1. The molecule has 0 aromatic rings. The first-order valence-electron chi connectivity index (χ1n) is 8.00. The predicted molar refractivity (Wildman–Crippen MR) is 90.2 cm³/mol. The van der Waals surface area contributed by atoms with Crippen LogP contribution >= 0.6 is 0 Å². The van der Waals surface area contributed by atoms with E-state index in [1.165, 1.54) is 0 Å². The van der Waals surface area contributed by atoms with Gasteiger partial charge in [0.05, 0.1) is 52.9 Å². The van der Waals surface area contributed by atoms with Gasteiger partial charge in [0.15, 0.2) is 0 Å². The lowest BCUT2D eigenvalue weighted by atomic mass is 10.4. The van der Waals surface area contributed by atoms with Crippen LogP contribution in [0.5, 0.6) is 0 Å². The lowest BCUT2D eigenvalue weighted by Gasteiger charge is -2.08. The molecule has 144 valence electrons. The van der Waals surface area contributed by atoms with Gasteiger partial charge in [-0.1, -0.05) is 13.2 Å². The Labute approximate surface area is 148 Å². The molecule has 0 spiro atoms. The van der Waals surface area contributed by atoms with Gasteiger partial charge < -0.3 is 28.4 Å². The molecule has 8 nitrogen and oxygen atoms in total. The fourth-order valence-corrected chi connectivity index (χ4v) is 1.34. The van der Waals surface area contributed by atoms with Crippen molar-refractivity contribution >= 4 is 11.9 Å². The van der Waals surface area contributed by atoms with Gasteiger partial charge in [-0.3, -0.25) is 0 Å². The summed E-state index contributed by atoms with van der Waals surface area (Å²) in [5.41, 5.74) is 0.366. The molecule has 0 bridgehead atoms. The highest BCUT2D eigenvalue weighted by molar-refractivity contribution is 5.86. The van der Waals surface area contributed by atoms with Crippen molar-refractivity contribution in [2.45, 2.75) is 6.92 Å². The second-order valence-corrected chi connectivity index (χ2v) is 4.74. The largest absolute Gasteiger partial charge is 0.460 e. The quantitative estimate of drug-likeness (QED) is 0.215. The average molecular weight is 360 g/mol. The number of rotatable bonds is 17. The molecule has 0 saturated heterocycles. The monoisotopic (exact) mass is 360 g/mol. The maximum Gasteiger partial charge on any atom is 0.333 e. The minimum Gasteiger partial charge on any atom is -0.460 e. The number of hydrogen-bond acceptors (Lipinski definition) is 8. The molecule has 0 N–H and O–H groups in total. The van der Waals surface area contributed by atoms with E-state index in [1.807, 2.05) is 0 Å². The number of hydrogen-bond donors (Lipinski definition) is 0. The Bertz CT molecular complexity index is 394. The molecule has 0 aliphatic rings. The van der Waals surface area contributed by atoms with Crippen LogP contribution in [0, 0.1) is 0 Å². The van der Waals surface area contributed by atoms with E-state index < -0.39 is 11.9 Å². The summed E-state index contributed by atoms with van der Waals surface area (Å²) >= 11 is 0. The smallest absolute Gasteiger partial charge is 0.333 e. The van der Waals surface area contributed by atoms with Crippen molar-refractivity contribution in [3.05, 3.63) is 24.8 Å². The van der Waals surface area contributed by atoms with Gasteiger partial charge in [0.25, 0.3) is 0 Å². The van der Waals surface area contributed by atoms with Crippen LogP contribution in [0.15, 0.2) is 24.8 Å². The Balaban J connectivity index is 3.12. The number of carbonyl (C=O) groups excluding carboxylic acids is 2. The zero-order chi connectivity index (χ0) is 18.8. The Morgan fingerprint density at radius 2 is 1.08 bits per heavy atom. The molecular weight excluding hydrogens is 332 g/mol. The lowest BCUT2D eigenvalue weighted by molar-refractivity contribution is -0.141. The van der Waals surface area contributed by atoms with Crippen LogP contribution in [0.3, 0.4) is 0 Å². The number of esters is 2. The Morgan fingerprint density at radius 1 is 0.720 bits per heavy atom. The molecule has 0 aliphatic heterocycles. The summed E-state index contributed by atoms with van der Waals surface area (Å²) < 4.78 is 30.6. The van der Waals surface area contributed by atoms with Crippen LogP contribution in [0.1, 0.15) is 6.92 Å². The van der Waals surface area contributed by atoms with E-state index in [2.05, 4.69) is 13.2 Å². The second-order valence-electron chi connectivity index (χ2n) is 4.74. The van der Waals surface area contributed by atoms with Gasteiger partial charge in [-0.15, -0.1) is 0 Å². The highest BCUT2D eigenvalue weighted by atomic mass is 16.6. The molecule has 0 aliphatic carbocycles. The van der Waals surface area contributed by atoms with Crippen molar-refractivity contribution in [3.63, 3.8) is 0 Å². The van der Waals surface area contributed by atoms with Crippen LogP contribution in [-0.2, 0) is 38.0 Å². The number of carbonyl (C=O) groups is 2. The summed E-state index contributed by atoms with van der Waals surface area (Å²) in [5.74, 6) is -0.882. The van der Waals surface area contributed by atoms with Gasteiger partial charge >= 0.3 is 11.9 Å². The van der Waals surface area contributed by atoms with Crippen LogP contribution in [0.2, 0.25) is 0 Å². The summed E-state index contributed by atoms with van der Waals surface area (Å²) in [6.45, 7) is 12.0. The Morgan fingerprint density at radius 3 is 1.44 bits per heavy atom. The van der Waals surface area contributed by atoms with Gasteiger partial charge in [0, 0.05) is 11.6 Å². The molecule has 0 atom stereocenters. The normalized spacial score (nSPS) is 10.3. The summed E-state index contributed by atoms with van der Waals surface area (Å²) in [4.78, 5) is 21.8. The molecule has 25 heavy (non-hydrogen) atoms. The van der Waals surface area contributed by atoms with Crippen LogP contribution in [-0.4, -0.2) is 78.0 Å². The minimum absolute atomic E-state index is 0.195. The summed E-state index contributed by atoms with van der Waals surface area (Å²) in [6.07, 6.45) is 1.10. The van der Waals surface area contributed by atoms with Gasteiger partial charge in [0.2, 0.25) is 0 Å². The second kappa shape index (κ2) is 17.1. The van der Waals surface area contributed by atoms with Crippen molar-refractivity contribution in [3.8, 4) is 0 Å². The van der Waals surface area contributed by atoms with E-state index in [1.54, 1.807) is 6.92 Å². The van der Waals surface area contributed by atoms with Crippen molar-refractivity contribution in [1.82, 2.24) is 0 Å². The summed E-state index contributed by atoms with van der Waals surface area (Å²) in [7, 11) is 0. The highest BCUT2D eigenvalue weighted by Gasteiger charge is 2.01. The van der Waals surface area contributed by atoms with Crippen molar-refractivity contribution in [1.29, 1.82) is 0 Å². The molecule has 0 saturated carbocycles. The molecule has 0 aromatic heterocycles. The van der Waals surface area contributed by atoms with E-state index in [0.29, 0.717) is 58.4 Å². The zero-order valence-corrected chi connectivity index (χ0v) is 14.8. The first-order chi connectivity index (χ1) is 12.1. The van der Waals surface area contributed by atoms with E-state index >= 15 is 0 Å². The molecule has 0 unspecified atom stereocenters. The lowest BCUT2D eigenvalue weighted by Crippen LogP contribution is -2.15. The molecule has 0 heterocycles. The summed E-state index contributed by atoms with van der Waals surface area (Å²) in [6, 6.07) is 0. The predicted octanol–water partition coefficient (Wildman–Crippen LogP) is 0.901. The van der Waals surface area contributed by atoms with Crippen molar-refractivity contribution < 1.29 is 38.0 Å². The topological polar surface area (TPSA) is 89.5 Å². The first-order valence-corrected chi connectivity index (χ1v) is 8.00. The average Bonchev–Trinajstić information content (AvgIpc) is 2.60. The van der Waals surface area contributed by atoms with Gasteiger partial charge in [-0.2, -0.15) is 0 Å². The molecule has 0 rings (SSSR count). The van der Waals surface area contributed by atoms with E-state index in [0.717, 1.165) is 6.08 Å². The number of ether oxygens (including phenoxy) is 6. The molecule has 8 heteroatoms. The minimum atomic E-state index is -0.464. The standard InChI is InChI=1S/C17H28O8/c1-4-16(18)24-13-11-22-9-7-20-5-6-21-8-10-23-12-14-25-17(19)15(2)3/h4H,1-2,5-14H2,3H3. The molecular formula is C17H28O8. The molecule has 0 amide bonds. The fourth-order valence-electron chi connectivity index (χ4n) is 1.34. The third-order valence-electron chi connectivity index (χ3n) is 2.56. The summed E-state index contributed by atoms with van der Waals surface area (Å²) in [5, 5.41) is 0. The van der Waals surface area contributed by atoms with E-state index in [9.17, 15) is 9.59 Å². The third kappa shape index (κ3) is 16.9. The van der Waals surface area contributed by atoms with Crippen molar-refractivity contribution in [2.24, 2.45) is 0 Å². The SMILES string of the molecule is C=CC(=O)OCCOCCOCCOCCOCCOC(=O)C(=C)C. The zero-order valence-electron chi connectivity index (χ0n) is 14.8. The first kappa shape index (κ1) is 23.3. The highest BCUT2D eigenvalue weighted by Crippen LogP contribution is 1.91. The Kier molecular flexibility index (Phi) is 15.9. The molecule has 0 fully saturated rings. The van der Waals surface area contributed by atoms with Crippen LogP contribution < -0.4 is 0 Å². The molecule has 0 aromatic carbocycles. The fraction of sp³-hybridized carbons (Fsp3) is 0.647. The van der Waals surface area contributed by atoms with Crippen molar-refractivity contribution in [2.75, 3.05) is 66.1 Å². The third-order valence-corrected chi connectivity index (χ3v) is 2.56. The van der Waals surface area contributed by atoms with Gasteiger partial charge in [-0.05, 0) is 6.92 Å². The van der Waals surface area contributed by atoms with Gasteiger partial charge in [-0.25, -0.2) is 9.59 Å². The van der Waals surface area contributed by atoms with Gasteiger partial charge in [0.1, 0.15) is 13.2 Å². The van der Waals surface area contributed by atoms with Crippen LogP contribution in [0.4, 0.5) is 0 Å². The maximum absolute atomic E-state index is 11.1.